The second kappa shape index (κ2) is 12.9. The normalized spacial score (nSPS) is 11.4. The van der Waals surface area contributed by atoms with Crippen LogP contribution in [0.4, 0.5) is 0 Å². The van der Waals surface area contributed by atoms with Crippen LogP contribution < -0.4 is 10.6 Å². The predicted octanol–water partition coefficient (Wildman–Crippen LogP) is 2.61. The standard InChI is InChI=1S/C17H28N6O.HI/c1-3-5-12-24-13-8-10-19-17(18-4-2)20-14-16-22-21-15-9-6-7-11-23(15)16;/h6-7,9,11H,3-5,8,10,12-14H2,1-2H3,(H2,18,19,20);1H. The largest absolute Gasteiger partial charge is 0.381 e. The quantitative estimate of drug-likeness (QED) is 0.247. The van der Waals surface area contributed by atoms with E-state index in [9.17, 15) is 0 Å². The molecule has 0 radical (unpaired) electrons. The van der Waals surface area contributed by atoms with E-state index >= 15 is 0 Å². The number of hydrogen-bond donors (Lipinski definition) is 2. The molecule has 0 saturated heterocycles. The summed E-state index contributed by atoms with van der Waals surface area (Å²) in [7, 11) is 0. The van der Waals surface area contributed by atoms with Crippen LogP contribution in [0, 0.1) is 0 Å². The molecule has 2 rings (SSSR count). The fourth-order valence-electron chi connectivity index (χ4n) is 2.22. The Morgan fingerprint density at radius 1 is 1.16 bits per heavy atom. The van der Waals surface area contributed by atoms with E-state index in [1.807, 2.05) is 28.8 Å². The summed E-state index contributed by atoms with van der Waals surface area (Å²) in [5, 5.41) is 14.9. The molecule has 0 aromatic carbocycles. The van der Waals surface area contributed by atoms with Crippen molar-refractivity contribution in [2.24, 2.45) is 4.99 Å². The summed E-state index contributed by atoms with van der Waals surface area (Å²) in [5.41, 5.74) is 0.838. The molecule has 0 fully saturated rings. The van der Waals surface area contributed by atoms with E-state index in [1.54, 1.807) is 0 Å². The third-order valence-electron chi connectivity index (χ3n) is 3.51. The summed E-state index contributed by atoms with van der Waals surface area (Å²) < 4.78 is 7.51. The van der Waals surface area contributed by atoms with Crippen molar-refractivity contribution in [1.82, 2.24) is 25.2 Å². The van der Waals surface area contributed by atoms with Crippen molar-refractivity contribution >= 4 is 35.6 Å². The third kappa shape index (κ3) is 7.55. The van der Waals surface area contributed by atoms with Crippen LogP contribution in [0.15, 0.2) is 29.4 Å². The van der Waals surface area contributed by atoms with Gasteiger partial charge in [0.2, 0.25) is 0 Å². The molecule has 0 atom stereocenters. The van der Waals surface area contributed by atoms with Gasteiger partial charge in [0.05, 0.1) is 0 Å². The maximum atomic E-state index is 5.56. The SMILES string of the molecule is CCCCOCCCNC(=NCc1nnc2ccccn12)NCC.I. The number of aliphatic imine (C=N–C) groups is 1. The molecule has 0 unspecified atom stereocenters. The maximum Gasteiger partial charge on any atom is 0.191 e. The number of halogens is 1. The Bertz CT molecular complexity index is 630. The topological polar surface area (TPSA) is 75.8 Å². The monoisotopic (exact) mass is 460 g/mol. The molecule has 0 aliphatic carbocycles. The van der Waals surface area contributed by atoms with E-state index in [0.717, 1.165) is 56.6 Å². The average molecular weight is 460 g/mol. The Kier molecular flexibility index (Phi) is 11.1. The number of nitrogens with zero attached hydrogens (tertiary/aromatic N) is 4. The molecule has 0 spiro atoms. The molecule has 2 N–H and O–H groups in total. The van der Waals surface area contributed by atoms with Gasteiger partial charge < -0.3 is 15.4 Å². The molecule has 8 heteroatoms. The number of fused-ring (bicyclic) bond motifs is 1. The van der Waals surface area contributed by atoms with E-state index in [2.05, 4.69) is 39.7 Å². The molecule has 2 aromatic heterocycles. The highest BCUT2D eigenvalue weighted by molar-refractivity contribution is 14.0. The molecule has 0 saturated carbocycles. The number of guanidine groups is 1. The number of hydrogen-bond acceptors (Lipinski definition) is 4. The first-order chi connectivity index (χ1) is 11.8. The van der Waals surface area contributed by atoms with Crippen molar-refractivity contribution in [3.63, 3.8) is 0 Å². The molecule has 7 nitrogen and oxygen atoms in total. The van der Waals surface area contributed by atoms with Gasteiger partial charge in [-0.15, -0.1) is 34.2 Å². The Morgan fingerprint density at radius 2 is 2.00 bits per heavy atom. The lowest BCUT2D eigenvalue weighted by atomic mass is 10.4. The number of rotatable bonds is 10. The van der Waals surface area contributed by atoms with Crippen LogP contribution >= 0.6 is 24.0 Å². The Balaban J connectivity index is 0.00000312. The second-order valence-corrected chi connectivity index (χ2v) is 5.49. The first kappa shape index (κ1) is 21.6. The summed E-state index contributed by atoms with van der Waals surface area (Å²) in [6.45, 7) is 7.98. The van der Waals surface area contributed by atoms with E-state index < -0.39 is 0 Å². The summed E-state index contributed by atoms with van der Waals surface area (Å²) in [5.74, 6) is 1.62. The zero-order chi connectivity index (χ0) is 17.0. The lowest BCUT2D eigenvalue weighted by molar-refractivity contribution is 0.129. The summed E-state index contributed by atoms with van der Waals surface area (Å²) >= 11 is 0. The molecule has 0 amide bonds. The van der Waals surface area contributed by atoms with Crippen molar-refractivity contribution in [2.45, 2.75) is 39.7 Å². The minimum absolute atomic E-state index is 0. The van der Waals surface area contributed by atoms with Crippen LogP contribution in [-0.4, -0.2) is 46.9 Å². The second-order valence-electron chi connectivity index (χ2n) is 5.49. The lowest BCUT2D eigenvalue weighted by Gasteiger charge is -2.11. The van der Waals surface area contributed by atoms with Crippen LogP contribution in [0.1, 0.15) is 38.9 Å². The third-order valence-corrected chi connectivity index (χ3v) is 3.51. The molecule has 2 aromatic rings. The van der Waals surface area contributed by atoms with Gasteiger partial charge in [-0.05, 0) is 31.9 Å². The molecule has 140 valence electrons. The van der Waals surface area contributed by atoms with Crippen molar-refractivity contribution in [3.8, 4) is 0 Å². The molecular formula is C17H29IN6O. The molecule has 25 heavy (non-hydrogen) atoms. The smallest absolute Gasteiger partial charge is 0.191 e. The maximum absolute atomic E-state index is 5.56. The number of nitrogens with one attached hydrogen (secondary N) is 2. The first-order valence-corrected chi connectivity index (χ1v) is 8.73. The van der Waals surface area contributed by atoms with Gasteiger partial charge in [0.15, 0.2) is 17.4 Å². The van der Waals surface area contributed by atoms with Gasteiger partial charge in [-0.1, -0.05) is 19.4 Å². The lowest BCUT2D eigenvalue weighted by Crippen LogP contribution is -2.38. The van der Waals surface area contributed by atoms with Crippen LogP contribution in [0.2, 0.25) is 0 Å². The van der Waals surface area contributed by atoms with E-state index in [4.69, 9.17) is 4.74 Å². The number of pyridine rings is 1. The van der Waals surface area contributed by atoms with Gasteiger partial charge in [-0.2, -0.15) is 0 Å². The fourth-order valence-corrected chi connectivity index (χ4v) is 2.22. The van der Waals surface area contributed by atoms with Gasteiger partial charge in [0.25, 0.3) is 0 Å². The highest BCUT2D eigenvalue weighted by Gasteiger charge is 2.04. The molecule has 2 heterocycles. The Hall–Kier alpha value is -1.42. The fraction of sp³-hybridized carbons (Fsp3) is 0.588. The zero-order valence-electron chi connectivity index (χ0n) is 15.1. The molecule has 0 bridgehead atoms. The molecule has 0 aliphatic rings. The van der Waals surface area contributed by atoms with Gasteiger partial charge in [0, 0.05) is 32.5 Å². The molecular weight excluding hydrogens is 431 g/mol. The first-order valence-electron chi connectivity index (χ1n) is 8.73. The number of aromatic nitrogens is 3. The van der Waals surface area contributed by atoms with Gasteiger partial charge in [0.1, 0.15) is 6.54 Å². The van der Waals surface area contributed by atoms with Crippen molar-refractivity contribution in [1.29, 1.82) is 0 Å². The van der Waals surface area contributed by atoms with Crippen molar-refractivity contribution in [3.05, 3.63) is 30.2 Å². The van der Waals surface area contributed by atoms with Crippen LogP contribution in [0.3, 0.4) is 0 Å². The van der Waals surface area contributed by atoms with Crippen LogP contribution in [0.25, 0.3) is 5.65 Å². The van der Waals surface area contributed by atoms with E-state index in [-0.39, 0.29) is 24.0 Å². The highest BCUT2D eigenvalue weighted by Crippen LogP contribution is 2.03. The summed E-state index contributed by atoms with van der Waals surface area (Å²) in [6, 6.07) is 5.85. The Labute approximate surface area is 166 Å². The highest BCUT2D eigenvalue weighted by atomic mass is 127. The minimum atomic E-state index is 0. The average Bonchev–Trinajstić information content (AvgIpc) is 3.02. The van der Waals surface area contributed by atoms with Gasteiger partial charge in [-0.3, -0.25) is 4.40 Å². The summed E-state index contributed by atoms with van der Waals surface area (Å²) in [6.07, 6.45) is 5.22. The van der Waals surface area contributed by atoms with Crippen molar-refractivity contribution in [2.75, 3.05) is 26.3 Å². The van der Waals surface area contributed by atoms with E-state index in [1.165, 1.54) is 6.42 Å². The zero-order valence-corrected chi connectivity index (χ0v) is 17.4. The predicted molar refractivity (Wildman–Crippen MR) is 112 cm³/mol. The van der Waals surface area contributed by atoms with Crippen LogP contribution in [0.5, 0.6) is 0 Å². The Morgan fingerprint density at radius 3 is 2.80 bits per heavy atom. The van der Waals surface area contributed by atoms with Crippen LogP contribution in [-0.2, 0) is 11.3 Å². The summed E-state index contributed by atoms with van der Waals surface area (Å²) in [4.78, 5) is 4.58. The van der Waals surface area contributed by atoms with Crippen molar-refractivity contribution < 1.29 is 4.74 Å². The van der Waals surface area contributed by atoms with Gasteiger partial charge >= 0.3 is 0 Å². The van der Waals surface area contributed by atoms with E-state index in [0.29, 0.717) is 6.54 Å². The number of ether oxygens (including phenoxy) is 1. The van der Waals surface area contributed by atoms with Gasteiger partial charge in [-0.25, -0.2) is 4.99 Å². The minimum Gasteiger partial charge on any atom is -0.381 e. The molecule has 0 aliphatic heterocycles. The number of unbranched alkanes of at least 4 members (excludes halogenated alkanes) is 1.